The van der Waals surface area contributed by atoms with Gasteiger partial charge < -0.3 is 15.1 Å². The predicted octanol–water partition coefficient (Wildman–Crippen LogP) is 3.89. The Kier molecular flexibility index (Phi) is 4.79. The van der Waals surface area contributed by atoms with Crippen LogP contribution < -0.4 is 10.2 Å². The third-order valence-corrected chi connectivity index (χ3v) is 5.79. The van der Waals surface area contributed by atoms with Gasteiger partial charge in [-0.2, -0.15) is 13.2 Å². The van der Waals surface area contributed by atoms with Crippen LogP contribution in [-0.4, -0.2) is 42.2 Å². The number of alkyl halides is 3. The number of anilines is 2. The first-order valence-corrected chi connectivity index (χ1v) is 9.73. The van der Waals surface area contributed by atoms with Gasteiger partial charge in [0, 0.05) is 25.3 Å². The summed E-state index contributed by atoms with van der Waals surface area (Å²) in [6.07, 6.45) is -2.35. The molecule has 144 valence electrons. The number of rotatable bonds is 4. The van der Waals surface area contributed by atoms with Crippen molar-refractivity contribution in [3.05, 3.63) is 34.9 Å². The average Bonchev–Trinajstić information content (AvgIpc) is 3.33. The molecule has 0 atom stereocenters. The second-order valence-electron chi connectivity index (χ2n) is 6.69. The summed E-state index contributed by atoms with van der Waals surface area (Å²) in [5.41, 5.74) is 0.944. The lowest BCUT2D eigenvalue weighted by Crippen LogP contribution is -2.25. The van der Waals surface area contributed by atoms with Crippen LogP contribution in [0.3, 0.4) is 0 Å². The van der Waals surface area contributed by atoms with Crippen molar-refractivity contribution in [1.82, 2.24) is 4.90 Å². The lowest BCUT2D eigenvalue weighted by molar-refractivity contribution is -0.137. The molecule has 1 amide bonds. The topological polar surface area (TPSA) is 47.9 Å². The number of fused-ring (bicyclic) bond motifs is 1. The molecule has 3 aliphatic rings. The van der Waals surface area contributed by atoms with Crippen LogP contribution in [0.5, 0.6) is 0 Å². The first kappa shape index (κ1) is 18.2. The molecule has 1 saturated heterocycles. The highest BCUT2D eigenvalue weighted by molar-refractivity contribution is 8.16. The maximum atomic E-state index is 13.1. The van der Waals surface area contributed by atoms with Gasteiger partial charge in [-0.25, -0.2) is 0 Å². The maximum Gasteiger partial charge on any atom is 0.416 e. The largest absolute Gasteiger partial charge is 0.416 e. The quantitative estimate of drug-likeness (QED) is 0.839. The molecule has 0 aromatic heterocycles. The van der Waals surface area contributed by atoms with Crippen molar-refractivity contribution in [3.63, 3.8) is 0 Å². The van der Waals surface area contributed by atoms with Crippen LogP contribution in [0.25, 0.3) is 0 Å². The Morgan fingerprint density at radius 3 is 2.74 bits per heavy atom. The fourth-order valence-corrected chi connectivity index (χ4v) is 4.47. The maximum absolute atomic E-state index is 13.1. The van der Waals surface area contributed by atoms with Crippen molar-refractivity contribution < 1.29 is 18.0 Å². The summed E-state index contributed by atoms with van der Waals surface area (Å²) in [7, 11) is 0. The third kappa shape index (κ3) is 3.78. The molecule has 0 aliphatic carbocycles. The van der Waals surface area contributed by atoms with Gasteiger partial charge >= 0.3 is 6.18 Å². The molecule has 0 saturated carbocycles. The average molecular weight is 396 g/mol. The fraction of sp³-hybridized carbons (Fsp3) is 0.444. The molecule has 1 fully saturated rings. The van der Waals surface area contributed by atoms with E-state index < -0.39 is 11.7 Å². The van der Waals surface area contributed by atoms with E-state index in [9.17, 15) is 18.0 Å². The Labute approximate surface area is 159 Å². The van der Waals surface area contributed by atoms with Crippen LogP contribution in [0.15, 0.2) is 34.3 Å². The summed E-state index contributed by atoms with van der Waals surface area (Å²) in [5, 5.41) is 5.47. The number of hydrogen-bond acceptors (Lipinski definition) is 5. The van der Waals surface area contributed by atoms with Gasteiger partial charge in [-0.05, 0) is 36.4 Å². The lowest BCUT2D eigenvalue weighted by atomic mass is 10.1. The first-order valence-electron chi connectivity index (χ1n) is 8.85. The molecule has 1 N–H and O–H groups in total. The number of nitrogens with zero attached hydrogens (tertiary/aromatic N) is 3. The molecule has 3 heterocycles. The Morgan fingerprint density at radius 2 is 2.00 bits per heavy atom. The molecule has 1 aromatic carbocycles. The van der Waals surface area contributed by atoms with Crippen LogP contribution in [0.4, 0.5) is 24.5 Å². The smallest absolute Gasteiger partial charge is 0.370 e. The van der Waals surface area contributed by atoms with E-state index in [1.807, 2.05) is 15.2 Å². The van der Waals surface area contributed by atoms with E-state index in [1.165, 1.54) is 17.8 Å². The van der Waals surface area contributed by atoms with E-state index in [2.05, 4.69) is 10.3 Å². The summed E-state index contributed by atoms with van der Waals surface area (Å²) in [5.74, 6) is -0.324. The zero-order chi connectivity index (χ0) is 19.0. The van der Waals surface area contributed by atoms with Crippen LogP contribution in [0.1, 0.15) is 24.8 Å². The second-order valence-corrected chi connectivity index (χ2v) is 7.53. The van der Waals surface area contributed by atoms with E-state index in [4.69, 9.17) is 0 Å². The zero-order valence-electron chi connectivity index (χ0n) is 14.6. The number of aliphatic imine (C=N–C) groups is 1. The van der Waals surface area contributed by atoms with Crippen molar-refractivity contribution >= 4 is 34.2 Å². The molecule has 0 unspecified atom stereocenters. The summed E-state index contributed by atoms with van der Waals surface area (Å²) < 4.78 is 39.4. The summed E-state index contributed by atoms with van der Waals surface area (Å²) in [6.45, 7) is 3.01. The van der Waals surface area contributed by atoms with Gasteiger partial charge in [0.2, 0.25) is 5.91 Å². The number of thioether (sulfide) groups is 1. The highest BCUT2D eigenvalue weighted by Crippen LogP contribution is 2.37. The van der Waals surface area contributed by atoms with Gasteiger partial charge in [-0.15, -0.1) is 0 Å². The van der Waals surface area contributed by atoms with Crippen molar-refractivity contribution in [3.8, 4) is 0 Å². The first-order chi connectivity index (χ1) is 12.9. The SMILES string of the molecule is O=C(CC1=CSC2=NCCN12)Nc1cc(C(F)(F)F)ccc1N1CCCC1. The molecule has 27 heavy (non-hydrogen) atoms. The Balaban J connectivity index is 1.53. The molecular weight excluding hydrogens is 377 g/mol. The molecule has 1 aromatic rings. The van der Waals surface area contributed by atoms with Crippen LogP contribution in [-0.2, 0) is 11.0 Å². The Morgan fingerprint density at radius 1 is 1.22 bits per heavy atom. The molecular formula is C18H19F3N4OS. The molecule has 9 heteroatoms. The van der Waals surface area contributed by atoms with Crippen LogP contribution >= 0.6 is 11.8 Å². The van der Waals surface area contributed by atoms with Crippen molar-refractivity contribution in [2.24, 2.45) is 4.99 Å². The molecule has 0 bridgehead atoms. The van der Waals surface area contributed by atoms with Gasteiger partial charge in [0.25, 0.3) is 0 Å². The van der Waals surface area contributed by atoms with E-state index in [1.54, 1.807) is 0 Å². The van der Waals surface area contributed by atoms with E-state index in [0.29, 0.717) is 12.2 Å². The van der Waals surface area contributed by atoms with Gasteiger partial charge in [0.05, 0.1) is 29.9 Å². The van der Waals surface area contributed by atoms with Crippen LogP contribution in [0.2, 0.25) is 0 Å². The number of amides is 1. The number of halogens is 3. The van der Waals surface area contributed by atoms with Crippen LogP contribution in [0, 0.1) is 0 Å². The molecule has 0 radical (unpaired) electrons. The molecule has 0 spiro atoms. The number of hydrogen-bond donors (Lipinski definition) is 1. The standard InChI is InChI=1S/C18H19F3N4OS/c19-18(20,21)12-3-4-15(24-6-1-2-7-24)14(9-12)23-16(26)10-13-11-27-17-22-5-8-25(13)17/h3-4,9,11H,1-2,5-8,10H2,(H,23,26). The number of nitrogens with one attached hydrogen (secondary N) is 1. The molecule has 5 nitrogen and oxygen atoms in total. The van der Waals surface area contributed by atoms with E-state index in [-0.39, 0.29) is 18.0 Å². The fourth-order valence-electron chi connectivity index (χ4n) is 3.52. The van der Waals surface area contributed by atoms with Gasteiger partial charge in [-0.3, -0.25) is 9.79 Å². The minimum absolute atomic E-state index is 0.113. The Bertz CT molecular complexity index is 815. The monoisotopic (exact) mass is 396 g/mol. The predicted molar refractivity (Wildman–Crippen MR) is 101 cm³/mol. The highest BCUT2D eigenvalue weighted by Gasteiger charge is 2.32. The lowest BCUT2D eigenvalue weighted by Gasteiger charge is -2.23. The minimum Gasteiger partial charge on any atom is -0.370 e. The zero-order valence-corrected chi connectivity index (χ0v) is 15.4. The summed E-state index contributed by atoms with van der Waals surface area (Å²) in [4.78, 5) is 20.9. The van der Waals surface area contributed by atoms with Gasteiger partial charge in [-0.1, -0.05) is 11.8 Å². The number of carbonyl (C=O) groups excluding carboxylic acids is 1. The van der Waals surface area contributed by atoms with Crippen molar-refractivity contribution in [2.45, 2.75) is 25.4 Å². The third-order valence-electron chi connectivity index (χ3n) is 4.84. The second kappa shape index (κ2) is 7.10. The number of carbonyl (C=O) groups is 1. The van der Waals surface area contributed by atoms with E-state index >= 15 is 0 Å². The molecule has 4 rings (SSSR count). The summed E-state index contributed by atoms with van der Waals surface area (Å²) >= 11 is 1.48. The molecule has 3 aliphatic heterocycles. The van der Waals surface area contributed by atoms with E-state index in [0.717, 1.165) is 55.5 Å². The summed E-state index contributed by atoms with van der Waals surface area (Å²) in [6, 6.07) is 3.57. The number of benzene rings is 1. The van der Waals surface area contributed by atoms with Crippen molar-refractivity contribution in [1.29, 1.82) is 0 Å². The van der Waals surface area contributed by atoms with Crippen molar-refractivity contribution in [2.75, 3.05) is 36.4 Å². The van der Waals surface area contributed by atoms with Gasteiger partial charge in [0.1, 0.15) is 0 Å². The minimum atomic E-state index is -4.45. The number of amidine groups is 1. The normalized spacial score (nSPS) is 19.2. The highest BCUT2D eigenvalue weighted by atomic mass is 32.2. The Hall–Kier alpha value is -2.16. The van der Waals surface area contributed by atoms with Gasteiger partial charge in [0.15, 0.2) is 5.17 Å².